The van der Waals surface area contributed by atoms with Crippen molar-refractivity contribution in [2.75, 3.05) is 37.7 Å². The van der Waals surface area contributed by atoms with Gasteiger partial charge in [-0.1, -0.05) is 53.7 Å². The average Bonchev–Trinajstić information content (AvgIpc) is 3.17. The third-order valence-corrected chi connectivity index (χ3v) is 15.8. The summed E-state index contributed by atoms with van der Waals surface area (Å²) < 4.78 is 50.2. The number of H-pyrrole nitrogens is 1. The van der Waals surface area contributed by atoms with Crippen molar-refractivity contribution in [2.45, 2.75) is 64.7 Å². The van der Waals surface area contributed by atoms with Crippen molar-refractivity contribution in [1.82, 2.24) is 14.5 Å². The van der Waals surface area contributed by atoms with Gasteiger partial charge >= 0.3 is 0 Å². The highest BCUT2D eigenvalue weighted by Crippen LogP contribution is 2.50. The molecule has 4 rings (SSSR count). The van der Waals surface area contributed by atoms with E-state index in [4.69, 9.17) is 4.43 Å². The number of likely N-dealkylation sites (N-methyl/N-ethyl adjacent to an activating group) is 1. The van der Waals surface area contributed by atoms with E-state index >= 15 is 0 Å². The number of aromatic nitrogens is 2. The molecule has 0 radical (unpaired) electrons. The lowest BCUT2D eigenvalue weighted by Gasteiger charge is -2.42. The predicted molar refractivity (Wildman–Crippen MR) is 180 cm³/mol. The van der Waals surface area contributed by atoms with Crippen LogP contribution >= 0.6 is 0 Å². The molecule has 240 valence electrons. The number of sulfonamides is 1. The van der Waals surface area contributed by atoms with Gasteiger partial charge in [-0.15, -0.1) is 0 Å². The highest BCUT2D eigenvalue weighted by atomic mass is 32.2. The summed E-state index contributed by atoms with van der Waals surface area (Å²) in [6.07, 6.45) is 2.84. The molecule has 0 amide bonds. The molecule has 4 aromatic rings. The van der Waals surface area contributed by atoms with Crippen LogP contribution in [0.2, 0.25) is 16.6 Å². The van der Waals surface area contributed by atoms with Crippen molar-refractivity contribution in [3.63, 3.8) is 0 Å². The minimum Gasteiger partial charge on any atom is -0.541 e. The first-order valence-electron chi connectivity index (χ1n) is 15.0. The van der Waals surface area contributed by atoms with Crippen molar-refractivity contribution < 1.29 is 22.3 Å². The van der Waals surface area contributed by atoms with Crippen LogP contribution in [-0.4, -0.2) is 69.7 Å². The third-order valence-electron chi connectivity index (χ3n) is 8.63. The Morgan fingerprint density at radius 3 is 2.09 bits per heavy atom. The van der Waals surface area contributed by atoms with Gasteiger partial charge in [0.2, 0.25) is 15.9 Å². The SMILES string of the molecule is CC(C)[Si](Oc1c2[nH]cccc2c(N(CCN(C)C)S(C)(=O)=O)c2c(=O)n(Cc3ccc(F)cc3)c(O)c12)(C(C)C)C(C)C. The fraction of sp³-hybridized carbons (Fsp3) is 0.469. The number of pyridine rings is 1. The third kappa shape index (κ3) is 5.99. The maximum Gasteiger partial charge on any atom is 0.264 e. The molecule has 0 atom stereocenters. The summed E-state index contributed by atoms with van der Waals surface area (Å²) in [5.74, 6) is -0.402. The van der Waals surface area contributed by atoms with E-state index in [1.807, 2.05) is 19.0 Å². The first-order chi connectivity index (χ1) is 20.5. The van der Waals surface area contributed by atoms with Gasteiger partial charge in [0.15, 0.2) is 0 Å². The first-order valence-corrected chi connectivity index (χ1v) is 19.0. The number of halogens is 1. The van der Waals surface area contributed by atoms with Crippen LogP contribution in [0.1, 0.15) is 47.1 Å². The van der Waals surface area contributed by atoms with Crippen LogP contribution in [-0.2, 0) is 16.6 Å². The summed E-state index contributed by atoms with van der Waals surface area (Å²) in [5.41, 5.74) is 1.27. The summed E-state index contributed by atoms with van der Waals surface area (Å²) in [7, 11) is -2.84. The van der Waals surface area contributed by atoms with Crippen LogP contribution in [0.25, 0.3) is 21.7 Å². The van der Waals surface area contributed by atoms with Crippen LogP contribution in [0.4, 0.5) is 10.1 Å². The number of nitrogens with one attached hydrogen (secondary N) is 1. The number of fused-ring (bicyclic) bond motifs is 2. The Kier molecular flexibility index (Phi) is 9.58. The van der Waals surface area contributed by atoms with Crippen LogP contribution in [0.5, 0.6) is 11.6 Å². The van der Waals surface area contributed by atoms with Gasteiger partial charge in [-0.25, -0.2) is 12.8 Å². The molecule has 44 heavy (non-hydrogen) atoms. The summed E-state index contributed by atoms with van der Waals surface area (Å²) in [4.78, 5) is 19.6. The summed E-state index contributed by atoms with van der Waals surface area (Å²) >= 11 is 0. The quantitative estimate of drug-likeness (QED) is 0.176. The fourth-order valence-corrected chi connectivity index (χ4v) is 12.8. The summed E-state index contributed by atoms with van der Waals surface area (Å²) in [5, 5.41) is 12.6. The van der Waals surface area contributed by atoms with Crippen molar-refractivity contribution in [2.24, 2.45) is 0 Å². The number of anilines is 1. The molecule has 0 bridgehead atoms. The van der Waals surface area contributed by atoms with Gasteiger partial charge in [0.25, 0.3) is 13.9 Å². The molecule has 0 saturated heterocycles. The minimum absolute atomic E-state index is 0.0454. The van der Waals surface area contributed by atoms with Crippen LogP contribution in [0.15, 0.2) is 47.4 Å². The Labute approximate surface area is 260 Å². The molecule has 0 unspecified atom stereocenters. The molecular formula is C32H45FN4O5SSi. The van der Waals surface area contributed by atoms with E-state index in [1.54, 1.807) is 30.5 Å². The van der Waals surface area contributed by atoms with Gasteiger partial charge < -0.3 is 19.4 Å². The Hall–Kier alpha value is -3.35. The predicted octanol–water partition coefficient (Wildman–Crippen LogP) is 6.26. The molecule has 0 spiro atoms. The van der Waals surface area contributed by atoms with Crippen LogP contribution in [0.3, 0.4) is 0 Å². The molecule has 2 aromatic heterocycles. The molecule has 2 aromatic carbocycles. The normalized spacial score (nSPS) is 12.9. The average molecular weight is 645 g/mol. The Balaban J connectivity index is 2.21. The molecule has 0 aliphatic rings. The molecule has 9 nitrogen and oxygen atoms in total. The van der Waals surface area contributed by atoms with Gasteiger partial charge in [0, 0.05) is 24.7 Å². The molecule has 0 fully saturated rings. The molecular weight excluding hydrogens is 600 g/mol. The standard InChI is InChI=1S/C32H45FN4O5SSi/c1-20(2)44(21(3)4,22(5)6)42-30-27-26(31(38)36(32(27)39)19-23-12-14-24(33)15-13-23)29(25-11-10-16-34-28(25)30)37(43(9,40)41)18-17-35(7)8/h10-16,20-22,34,39H,17-19H2,1-9H3. The smallest absolute Gasteiger partial charge is 0.264 e. The molecule has 0 aliphatic carbocycles. The van der Waals surface area contributed by atoms with E-state index in [9.17, 15) is 22.7 Å². The number of aromatic hydroxyl groups is 1. The topological polar surface area (TPSA) is 108 Å². The monoisotopic (exact) mass is 644 g/mol. The zero-order chi connectivity index (χ0) is 32.7. The maximum atomic E-state index is 14.4. The van der Waals surface area contributed by atoms with Gasteiger partial charge in [-0.2, -0.15) is 0 Å². The Morgan fingerprint density at radius 2 is 1.57 bits per heavy atom. The van der Waals surface area contributed by atoms with Crippen molar-refractivity contribution in [3.8, 4) is 11.6 Å². The largest absolute Gasteiger partial charge is 0.541 e. The summed E-state index contributed by atoms with van der Waals surface area (Å²) in [6, 6.07) is 9.23. The van der Waals surface area contributed by atoms with Gasteiger partial charge in [0.1, 0.15) is 11.6 Å². The van der Waals surface area contributed by atoms with Gasteiger partial charge in [-0.05, 0) is 60.5 Å². The van der Waals surface area contributed by atoms with E-state index in [0.29, 0.717) is 28.8 Å². The number of nitrogens with zero attached hydrogens (tertiary/aromatic N) is 3. The van der Waals surface area contributed by atoms with Crippen molar-refractivity contribution >= 4 is 45.7 Å². The number of benzene rings is 2. The second-order valence-electron chi connectivity index (χ2n) is 12.8. The number of rotatable bonds is 12. The van der Waals surface area contributed by atoms with E-state index in [2.05, 4.69) is 46.5 Å². The highest BCUT2D eigenvalue weighted by molar-refractivity contribution is 7.92. The Bertz CT molecular complexity index is 1790. The lowest BCUT2D eigenvalue weighted by molar-refractivity contribution is 0.420. The Morgan fingerprint density at radius 1 is 0.977 bits per heavy atom. The van der Waals surface area contributed by atoms with Crippen LogP contribution in [0, 0.1) is 5.82 Å². The number of hydrogen-bond donors (Lipinski definition) is 2. The lowest BCUT2D eigenvalue weighted by Crippen LogP contribution is -2.50. The summed E-state index contributed by atoms with van der Waals surface area (Å²) in [6.45, 7) is 13.3. The minimum atomic E-state index is -3.88. The lowest BCUT2D eigenvalue weighted by atomic mass is 10.1. The van der Waals surface area contributed by atoms with Crippen molar-refractivity contribution in [1.29, 1.82) is 0 Å². The molecule has 0 aliphatic heterocycles. The molecule has 12 heteroatoms. The second-order valence-corrected chi connectivity index (χ2v) is 20.1. The van der Waals surface area contributed by atoms with E-state index in [0.717, 1.165) is 6.26 Å². The van der Waals surface area contributed by atoms with Gasteiger partial charge in [0.05, 0.1) is 34.8 Å². The van der Waals surface area contributed by atoms with Crippen molar-refractivity contribution in [3.05, 3.63) is 64.3 Å². The molecule has 0 saturated carbocycles. The van der Waals surface area contributed by atoms with Crippen LogP contribution < -0.4 is 14.3 Å². The maximum absolute atomic E-state index is 14.4. The fourth-order valence-electron chi connectivity index (χ4n) is 6.65. The number of aromatic amines is 1. The van der Waals surface area contributed by atoms with E-state index in [-0.39, 0.29) is 52.1 Å². The zero-order valence-corrected chi connectivity index (χ0v) is 28.9. The highest BCUT2D eigenvalue weighted by Gasteiger charge is 2.48. The second kappa shape index (κ2) is 12.6. The first kappa shape index (κ1) is 33.5. The van der Waals surface area contributed by atoms with Gasteiger partial charge in [-0.3, -0.25) is 13.7 Å². The molecule has 2 heterocycles. The zero-order valence-electron chi connectivity index (χ0n) is 27.1. The molecule has 2 N–H and O–H groups in total. The van der Waals surface area contributed by atoms with E-state index in [1.165, 1.54) is 21.0 Å². The number of hydrogen-bond acceptors (Lipinski definition) is 6. The van der Waals surface area contributed by atoms with E-state index < -0.39 is 29.7 Å².